The van der Waals surface area contributed by atoms with Gasteiger partial charge in [0.1, 0.15) is 11.4 Å². The molecule has 6 rings (SSSR count). The number of hydrogen-bond acceptors (Lipinski definition) is 4. The van der Waals surface area contributed by atoms with Gasteiger partial charge in [0.25, 0.3) is 0 Å². The van der Waals surface area contributed by atoms with Crippen LogP contribution in [0.15, 0.2) is 59.0 Å². The van der Waals surface area contributed by atoms with Crippen molar-refractivity contribution >= 4 is 43.7 Å². The van der Waals surface area contributed by atoms with Crippen molar-refractivity contribution in [3.63, 3.8) is 0 Å². The smallest absolute Gasteiger partial charge is 0.227 e. The van der Waals surface area contributed by atoms with Crippen LogP contribution in [-0.2, 0) is 0 Å². The van der Waals surface area contributed by atoms with Gasteiger partial charge >= 0.3 is 0 Å². The minimum absolute atomic E-state index is 0.202. The molecular weight excluding hydrogens is 406 g/mol. The van der Waals surface area contributed by atoms with E-state index in [4.69, 9.17) is 14.4 Å². The number of benzene rings is 3. The Bertz CT molecular complexity index is 1730. The van der Waals surface area contributed by atoms with Gasteiger partial charge in [-0.15, -0.1) is 0 Å². The number of furan rings is 1. The number of nitrogens with zero attached hydrogens (tertiary/aromatic N) is 3. The molecule has 0 aliphatic heterocycles. The first-order valence-electron chi connectivity index (χ1n) is 11.4. The van der Waals surface area contributed by atoms with E-state index in [1.165, 1.54) is 21.9 Å². The molecule has 0 radical (unpaired) electrons. The van der Waals surface area contributed by atoms with Crippen LogP contribution in [0.25, 0.3) is 55.0 Å². The molecule has 0 bridgehead atoms. The van der Waals surface area contributed by atoms with E-state index in [9.17, 15) is 0 Å². The third-order valence-corrected chi connectivity index (χ3v) is 6.41. The number of aromatic nitrogens is 3. The average Bonchev–Trinajstić information content (AvgIpc) is 3.15. The number of fused-ring (bicyclic) bond motifs is 6. The van der Waals surface area contributed by atoms with Gasteiger partial charge in [0.2, 0.25) is 5.71 Å². The summed E-state index contributed by atoms with van der Waals surface area (Å²) in [7, 11) is 0. The summed E-state index contributed by atoms with van der Waals surface area (Å²) in [6.07, 6.45) is 0. The third-order valence-electron chi connectivity index (χ3n) is 6.41. The van der Waals surface area contributed by atoms with Crippen LogP contribution in [0.1, 0.15) is 42.4 Å². The van der Waals surface area contributed by atoms with Crippen LogP contribution in [0.3, 0.4) is 0 Å². The van der Waals surface area contributed by atoms with Crippen molar-refractivity contribution < 1.29 is 4.42 Å². The van der Waals surface area contributed by atoms with Gasteiger partial charge in [-0.1, -0.05) is 49.7 Å². The fourth-order valence-electron chi connectivity index (χ4n) is 4.89. The molecule has 0 saturated carbocycles. The maximum absolute atomic E-state index is 6.32. The second kappa shape index (κ2) is 7.11. The molecule has 33 heavy (non-hydrogen) atoms. The lowest BCUT2D eigenvalue weighted by atomic mass is 9.96. The summed E-state index contributed by atoms with van der Waals surface area (Å²) in [5.74, 6) is 1.04. The fraction of sp³-hybridized carbons (Fsp3) is 0.207. The van der Waals surface area contributed by atoms with Crippen LogP contribution < -0.4 is 0 Å². The Morgan fingerprint density at radius 2 is 1.61 bits per heavy atom. The third kappa shape index (κ3) is 3.01. The van der Waals surface area contributed by atoms with Crippen LogP contribution in [0, 0.1) is 20.8 Å². The van der Waals surface area contributed by atoms with Gasteiger partial charge in [-0.25, -0.2) is 15.0 Å². The summed E-state index contributed by atoms with van der Waals surface area (Å²) >= 11 is 0. The second-order valence-electron chi connectivity index (χ2n) is 9.32. The Labute approximate surface area is 192 Å². The number of rotatable bonds is 2. The molecule has 0 aliphatic carbocycles. The first-order valence-corrected chi connectivity index (χ1v) is 11.4. The molecule has 0 saturated heterocycles. The highest BCUT2D eigenvalue weighted by Gasteiger charge is 2.19. The second-order valence-corrected chi connectivity index (χ2v) is 9.32. The number of hydrogen-bond donors (Lipinski definition) is 0. The molecule has 0 unspecified atom stereocenters. The van der Waals surface area contributed by atoms with Gasteiger partial charge in [-0.3, -0.25) is 0 Å². The molecule has 4 heteroatoms. The summed E-state index contributed by atoms with van der Waals surface area (Å²) in [4.78, 5) is 14.7. The van der Waals surface area contributed by atoms with Crippen molar-refractivity contribution in [1.29, 1.82) is 0 Å². The van der Waals surface area contributed by atoms with Gasteiger partial charge in [0.15, 0.2) is 0 Å². The number of pyridine rings is 1. The molecule has 6 aromatic rings. The lowest BCUT2D eigenvalue weighted by molar-refractivity contribution is 0.653. The van der Waals surface area contributed by atoms with E-state index in [0.29, 0.717) is 5.71 Å². The van der Waals surface area contributed by atoms with E-state index >= 15 is 0 Å². The quantitative estimate of drug-likeness (QED) is 0.263. The van der Waals surface area contributed by atoms with Crippen molar-refractivity contribution in [2.45, 2.75) is 40.5 Å². The normalized spacial score (nSPS) is 12.1. The van der Waals surface area contributed by atoms with Crippen LogP contribution in [-0.4, -0.2) is 15.0 Å². The predicted molar refractivity (Wildman–Crippen MR) is 136 cm³/mol. The van der Waals surface area contributed by atoms with E-state index in [0.717, 1.165) is 50.0 Å². The van der Waals surface area contributed by atoms with Crippen molar-refractivity contribution in [2.75, 3.05) is 0 Å². The minimum Gasteiger partial charge on any atom is -0.437 e. The Morgan fingerprint density at radius 1 is 0.788 bits per heavy atom. The topological polar surface area (TPSA) is 51.8 Å². The highest BCUT2D eigenvalue weighted by molar-refractivity contribution is 6.14. The first kappa shape index (κ1) is 19.9. The standard InChI is InChI=1S/C29H25N3O/c1-15(2)28-31-25(22-12-10-19-14-16(3)13-17(4)24(19)26(22)32-28)23-8-6-7-20-21-11-9-18(5)30-29(21)33-27(20)23/h6-15H,1-5H3. The zero-order valence-corrected chi connectivity index (χ0v) is 19.5. The molecular formula is C29H25N3O. The van der Waals surface area contributed by atoms with Crippen molar-refractivity contribution in [2.24, 2.45) is 0 Å². The van der Waals surface area contributed by atoms with Gasteiger partial charge in [-0.05, 0) is 56.0 Å². The summed E-state index contributed by atoms with van der Waals surface area (Å²) in [5, 5.41) is 5.52. The molecule has 0 amide bonds. The maximum Gasteiger partial charge on any atom is 0.227 e. The lowest BCUT2D eigenvalue weighted by Gasteiger charge is -2.14. The molecule has 3 heterocycles. The Morgan fingerprint density at radius 3 is 2.42 bits per heavy atom. The average molecular weight is 432 g/mol. The summed E-state index contributed by atoms with van der Waals surface area (Å²) < 4.78 is 6.32. The minimum atomic E-state index is 0.202. The van der Waals surface area contributed by atoms with Crippen molar-refractivity contribution in [1.82, 2.24) is 15.0 Å². The highest BCUT2D eigenvalue weighted by atomic mass is 16.3. The molecule has 0 spiro atoms. The van der Waals surface area contributed by atoms with E-state index in [-0.39, 0.29) is 5.92 Å². The maximum atomic E-state index is 6.32. The monoisotopic (exact) mass is 431 g/mol. The summed E-state index contributed by atoms with van der Waals surface area (Å²) in [6.45, 7) is 10.6. The van der Waals surface area contributed by atoms with Crippen LogP contribution in [0.2, 0.25) is 0 Å². The predicted octanol–water partition coefficient (Wildman–Crippen LogP) is 7.79. The molecule has 3 aromatic carbocycles. The molecule has 0 aliphatic rings. The first-order chi connectivity index (χ1) is 15.9. The molecule has 0 N–H and O–H groups in total. The number of aryl methyl sites for hydroxylation is 3. The van der Waals surface area contributed by atoms with Crippen LogP contribution in [0.4, 0.5) is 0 Å². The van der Waals surface area contributed by atoms with E-state index in [1.54, 1.807) is 0 Å². The molecule has 162 valence electrons. The molecule has 3 aromatic heterocycles. The fourth-order valence-corrected chi connectivity index (χ4v) is 4.89. The van der Waals surface area contributed by atoms with Gasteiger partial charge in [-0.2, -0.15) is 0 Å². The Kier molecular flexibility index (Phi) is 4.28. The zero-order valence-electron chi connectivity index (χ0n) is 19.5. The Hall–Kier alpha value is -3.79. The SMILES string of the molecule is Cc1cc(C)c2c(ccc3c(-c4cccc5c4oc4nc(C)ccc45)nc(C(C)C)nc32)c1. The molecule has 0 atom stereocenters. The largest absolute Gasteiger partial charge is 0.437 e. The van der Waals surface area contributed by atoms with E-state index in [1.807, 2.05) is 13.0 Å². The highest BCUT2D eigenvalue weighted by Crippen LogP contribution is 2.39. The Balaban J connectivity index is 1.77. The lowest BCUT2D eigenvalue weighted by Crippen LogP contribution is -2.02. The van der Waals surface area contributed by atoms with Crippen molar-refractivity contribution in [3.05, 3.63) is 77.2 Å². The van der Waals surface area contributed by atoms with Gasteiger partial charge in [0, 0.05) is 38.7 Å². The van der Waals surface area contributed by atoms with Gasteiger partial charge in [0.05, 0.1) is 11.2 Å². The number of para-hydroxylation sites is 1. The zero-order chi connectivity index (χ0) is 22.9. The van der Waals surface area contributed by atoms with Crippen molar-refractivity contribution in [3.8, 4) is 11.3 Å². The molecule has 4 nitrogen and oxygen atoms in total. The van der Waals surface area contributed by atoms with Gasteiger partial charge < -0.3 is 4.42 Å². The summed E-state index contributed by atoms with van der Waals surface area (Å²) in [5.41, 5.74) is 7.80. The summed E-state index contributed by atoms with van der Waals surface area (Å²) in [6, 6.07) is 19.2. The van der Waals surface area contributed by atoms with E-state index < -0.39 is 0 Å². The van der Waals surface area contributed by atoms with E-state index in [2.05, 4.69) is 81.2 Å². The van der Waals surface area contributed by atoms with Crippen LogP contribution in [0.5, 0.6) is 0 Å². The van der Waals surface area contributed by atoms with Crippen LogP contribution >= 0.6 is 0 Å². The molecule has 0 fully saturated rings.